The van der Waals surface area contributed by atoms with Crippen LogP contribution in [0.1, 0.15) is 28.4 Å². The van der Waals surface area contributed by atoms with Gasteiger partial charge in [-0.05, 0) is 31.0 Å². The number of hydrogen-bond donors (Lipinski definition) is 1. The molecule has 0 spiro atoms. The van der Waals surface area contributed by atoms with Crippen molar-refractivity contribution < 1.29 is 5.11 Å². The van der Waals surface area contributed by atoms with Gasteiger partial charge in [-0.2, -0.15) is 0 Å². The number of benzene rings is 2. The van der Waals surface area contributed by atoms with Gasteiger partial charge in [0, 0.05) is 10.9 Å². The van der Waals surface area contributed by atoms with E-state index in [0.717, 1.165) is 10.0 Å². The van der Waals surface area contributed by atoms with Crippen molar-refractivity contribution in [1.82, 2.24) is 0 Å². The van der Waals surface area contributed by atoms with Crippen LogP contribution < -0.4 is 0 Å². The third-order valence-corrected chi connectivity index (χ3v) is 3.70. The SMILES string of the molecule is Cc1cc(C)cc(CC(O)c2ccccc2Br)c1. The Morgan fingerprint density at radius 3 is 2.28 bits per heavy atom. The quantitative estimate of drug-likeness (QED) is 0.894. The van der Waals surface area contributed by atoms with Crippen molar-refractivity contribution in [3.8, 4) is 0 Å². The summed E-state index contributed by atoms with van der Waals surface area (Å²) >= 11 is 3.48. The summed E-state index contributed by atoms with van der Waals surface area (Å²) in [6, 6.07) is 14.2. The molecule has 1 unspecified atom stereocenters. The van der Waals surface area contributed by atoms with Gasteiger partial charge in [0.25, 0.3) is 0 Å². The Balaban J connectivity index is 2.21. The molecule has 2 rings (SSSR count). The van der Waals surface area contributed by atoms with E-state index in [4.69, 9.17) is 0 Å². The molecule has 0 radical (unpaired) electrons. The van der Waals surface area contributed by atoms with Crippen LogP contribution in [-0.4, -0.2) is 5.11 Å². The Labute approximate surface area is 117 Å². The van der Waals surface area contributed by atoms with E-state index in [1.54, 1.807) is 0 Å². The smallest absolute Gasteiger partial charge is 0.0841 e. The van der Waals surface area contributed by atoms with Crippen molar-refractivity contribution in [3.05, 3.63) is 69.2 Å². The molecule has 0 amide bonds. The molecule has 0 heterocycles. The van der Waals surface area contributed by atoms with Gasteiger partial charge in [-0.1, -0.05) is 63.5 Å². The molecule has 0 aliphatic rings. The number of aliphatic hydroxyl groups excluding tert-OH is 1. The summed E-state index contributed by atoms with van der Waals surface area (Å²) in [5.41, 5.74) is 4.60. The van der Waals surface area contributed by atoms with Crippen molar-refractivity contribution in [2.75, 3.05) is 0 Å². The van der Waals surface area contributed by atoms with Gasteiger partial charge in [-0.15, -0.1) is 0 Å². The van der Waals surface area contributed by atoms with Crippen molar-refractivity contribution in [3.63, 3.8) is 0 Å². The lowest BCUT2D eigenvalue weighted by Gasteiger charge is -2.13. The van der Waals surface area contributed by atoms with Crippen LogP contribution in [0, 0.1) is 13.8 Å². The minimum absolute atomic E-state index is 0.471. The Morgan fingerprint density at radius 2 is 1.67 bits per heavy atom. The molecule has 0 saturated heterocycles. The molecule has 0 bridgehead atoms. The molecular weight excluding hydrogens is 288 g/mol. The predicted octanol–water partition coefficient (Wildman–Crippen LogP) is 4.34. The molecule has 2 aromatic rings. The molecule has 1 N–H and O–H groups in total. The molecule has 94 valence electrons. The summed E-state index contributed by atoms with van der Waals surface area (Å²) in [6.07, 6.45) is 0.173. The van der Waals surface area contributed by atoms with E-state index in [-0.39, 0.29) is 0 Å². The third-order valence-electron chi connectivity index (χ3n) is 2.97. The lowest BCUT2D eigenvalue weighted by Crippen LogP contribution is -2.03. The zero-order valence-electron chi connectivity index (χ0n) is 10.7. The Kier molecular flexibility index (Phi) is 4.20. The van der Waals surface area contributed by atoms with Gasteiger partial charge >= 0.3 is 0 Å². The van der Waals surface area contributed by atoms with Gasteiger partial charge in [0.15, 0.2) is 0 Å². The second kappa shape index (κ2) is 5.68. The minimum Gasteiger partial charge on any atom is -0.388 e. The van der Waals surface area contributed by atoms with Gasteiger partial charge in [-0.25, -0.2) is 0 Å². The average molecular weight is 305 g/mol. The summed E-state index contributed by atoms with van der Waals surface area (Å²) < 4.78 is 0.960. The van der Waals surface area contributed by atoms with E-state index in [0.29, 0.717) is 6.42 Å². The fourth-order valence-electron chi connectivity index (χ4n) is 2.27. The molecule has 1 atom stereocenters. The first-order valence-electron chi connectivity index (χ1n) is 6.06. The maximum Gasteiger partial charge on any atom is 0.0841 e. The van der Waals surface area contributed by atoms with Crippen molar-refractivity contribution in [2.24, 2.45) is 0 Å². The molecule has 2 aromatic carbocycles. The maximum atomic E-state index is 10.3. The average Bonchev–Trinajstić information content (AvgIpc) is 2.27. The van der Waals surface area contributed by atoms with Gasteiger partial charge in [0.05, 0.1) is 6.10 Å². The highest BCUT2D eigenvalue weighted by atomic mass is 79.9. The monoisotopic (exact) mass is 304 g/mol. The number of aliphatic hydroxyl groups is 1. The van der Waals surface area contributed by atoms with Gasteiger partial charge in [0.1, 0.15) is 0 Å². The van der Waals surface area contributed by atoms with Crippen LogP contribution in [0.2, 0.25) is 0 Å². The largest absolute Gasteiger partial charge is 0.388 e. The summed E-state index contributed by atoms with van der Waals surface area (Å²) in [5.74, 6) is 0. The third kappa shape index (κ3) is 3.21. The van der Waals surface area contributed by atoms with Crippen LogP contribution >= 0.6 is 15.9 Å². The van der Waals surface area contributed by atoms with Gasteiger partial charge in [0.2, 0.25) is 0 Å². The van der Waals surface area contributed by atoms with E-state index in [1.807, 2.05) is 24.3 Å². The Bertz CT molecular complexity index is 528. The van der Waals surface area contributed by atoms with E-state index in [9.17, 15) is 5.11 Å². The van der Waals surface area contributed by atoms with Gasteiger partial charge in [-0.3, -0.25) is 0 Å². The maximum absolute atomic E-state index is 10.3. The number of aryl methyl sites for hydroxylation is 2. The standard InChI is InChI=1S/C16H17BrO/c1-11-7-12(2)9-13(8-11)10-16(18)14-5-3-4-6-15(14)17/h3-9,16,18H,10H2,1-2H3. The molecule has 0 aliphatic carbocycles. The summed E-state index contributed by atoms with van der Waals surface area (Å²) in [6.45, 7) is 4.17. The van der Waals surface area contributed by atoms with Crippen LogP contribution in [-0.2, 0) is 6.42 Å². The lowest BCUT2D eigenvalue weighted by atomic mass is 9.98. The first-order chi connectivity index (χ1) is 8.56. The van der Waals surface area contributed by atoms with Crippen LogP contribution in [0.25, 0.3) is 0 Å². The first kappa shape index (κ1) is 13.3. The summed E-state index contributed by atoms with van der Waals surface area (Å²) in [5, 5.41) is 10.3. The van der Waals surface area contributed by atoms with Crippen LogP contribution in [0.3, 0.4) is 0 Å². The zero-order chi connectivity index (χ0) is 13.1. The normalized spacial score (nSPS) is 12.4. The lowest BCUT2D eigenvalue weighted by molar-refractivity contribution is 0.177. The van der Waals surface area contributed by atoms with E-state index >= 15 is 0 Å². The fourth-order valence-corrected chi connectivity index (χ4v) is 2.81. The van der Waals surface area contributed by atoms with Gasteiger partial charge < -0.3 is 5.11 Å². The predicted molar refractivity (Wildman–Crippen MR) is 78.7 cm³/mol. The molecule has 1 nitrogen and oxygen atoms in total. The molecule has 0 fully saturated rings. The second-order valence-electron chi connectivity index (χ2n) is 4.74. The van der Waals surface area contributed by atoms with Crippen LogP contribution in [0.5, 0.6) is 0 Å². The topological polar surface area (TPSA) is 20.2 Å². The van der Waals surface area contributed by atoms with Crippen molar-refractivity contribution in [1.29, 1.82) is 0 Å². The molecule has 0 aromatic heterocycles. The molecule has 0 aliphatic heterocycles. The summed E-state index contributed by atoms with van der Waals surface area (Å²) in [7, 11) is 0. The highest BCUT2D eigenvalue weighted by Gasteiger charge is 2.11. The number of rotatable bonds is 3. The summed E-state index contributed by atoms with van der Waals surface area (Å²) in [4.78, 5) is 0. The highest BCUT2D eigenvalue weighted by molar-refractivity contribution is 9.10. The first-order valence-corrected chi connectivity index (χ1v) is 6.85. The van der Waals surface area contributed by atoms with E-state index in [2.05, 4.69) is 48.0 Å². The number of halogens is 1. The zero-order valence-corrected chi connectivity index (χ0v) is 12.2. The minimum atomic E-state index is -0.471. The number of hydrogen-bond acceptors (Lipinski definition) is 1. The molecule has 0 saturated carbocycles. The molecule has 2 heteroatoms. The van der Waals surface area contributed by atoms with Crippen LogP contribution in [0.15, 0.2) is 46.9 Å². The van der Waals surface area contributed by atoms with Crippen LogP contribution in [0.4, 0.5) is 0 Å². The molecular formula is C16H17BrO. The van der Waals surface area contributed by atoms with E-state index < -0.39 is 6.10 Å². The van der Waals surface area contributed by atoms with Crippen molar-refractivity contribution >= 4 is 15.9 Å². The van der Waals surface area contributed by atoms with Crippen molar-refractivity contribution in [2.45, 2.75) is 26.4 Å². The molecule has 18 heavy (non-hydrogen) atoms. The fraction of sp³-hybridized carbons (Fsp3) is 0.250. The second-order valence-corrected chi connectivity index (χ2v) is 5.59. The highest BCUT2D eigenvalue weighted by Crippen LogP contribution is 2.26. The Morgan fingerprint density at radius 1 is 1.06 bits per heavy atom. The Hall–Kier alpha value is -1.12. The van der Waals surface area contributed by atoms with E-state index in [1.165, 1.54) is 16.7 Å².